The summed E-state index contributed by atoms with van der Waals surface area (Å²) in [6.45, 7) is 1.43. The van der Waals surface area contributed by atoms with Gasteiger partial charge in [0, 0.05) is 32.0 Å². The molecule has 1 saturated heterocycles. The molecule has 116 valence electrons. The van der Waals surface area contributed by atoms with Crippen LogP contribution in [0, 0.1) is 11.7 Å². The van der Waals surface area contributed by atoms with Crippen molar-refractivity contribution in [2.75, 3.05) is 19.7 Å². The number of likely N-dealkylation sites (tertiary alicyclic amines) is 1. The normalized spacial score (nSPS) is 17.9. The number of halogens is 1. The molecule has 22 heavy (non-hydrogen) atoms. The fraction of sp³-hybridized carbons (Fsp3) is 0.375. The van der Waals surface area contributed by atoms with E-state index >= 15 is 0 Å². The fourth-order valence-corrected chi connectivity index (χ4v) is 3.51. The van der Waals surface area contributed by atoms with Crippen LogP contribution in [0.1, 0.15) is 26.7 Å². The zero-order chi connectivity index (χ0) is 15.5. The molecule has 4 nitrogen and oxygen atoms in total. The SMILES string of the molecule is O=C(c1cnc(Cc2ccc(F)cc2)s1)N1CCC(CO)C1. The average molecular weight is 320 g/mol. The van der Waals surface area contributed by atoms with E-state index in [1.54, 1.807) is 23.2 Å². The van der Waals surface area contributed by atoms with Gasteiger partial charge in [-0.25, -0.2) is 9.37 Å². The zero-order valence-electron chi connectivity index (χ0n) is 12.0. The molecule has 1 unspecified atom stereocenters. The number of hydrogen-bond donors (Lipinski definition) is 1. The predicted octanol–water partition coefficient (Wildman–Crippen LogP) is 2.33. The molecule has 3 rings (SSSR count). The second-order valence-electron chi connectivity index (χ2n) is 5.51. The van der Waals surface area contributed by atoms with Crippen molar-refractivity contribution in [3.8, 4) is 0 Å². The van der Waals surface area contributed by atoms with Crippen LogP contribution in [0.3, 0.4) is 0 Å². The van der Waals surface area contributed by atoms with Crippen LogP contribution in [0.4, 0.5) is 4.39 Å². The van der Waals surface area contributed by atoms with Gasteiger partial charge in [-0.15, -0.1) is 11.3 Å². The maximum Gasteiger partial charge on any atom is 0.265 e. The van der Waals surface area contributed by atoms with E-state index in [1.807, 2.05) is 0 Å². The molecule has 0 bridgehead atoms. The largest absolute Gasteiger partial charge is 0.396 e. The number of thiazole rings is 1. The minimum absolute atomic E-state index is 0.0150. The molecular weight excluding hydrogens is 303 g/mol. The first-order valence-electron chi connectivity index (χ1n) is 7.25. The first-order chi connectivity index (χ1) is 10.7. The summed E-state index contributed by atoms with van der Waals surface area (Å²) < 4.78 is 12.9. The van der Waals surface area contributed by atoms with Crippen LogP contribution in [0.5, 0.6) is 0 Å². The Morgan fingerprint density at radius 1 is 1.41 bits per heavy atom. The van der Waals surface area contributed by atoms with Crippen LogP contribution < -0.4 is 0 Å². The average Bonchev–Trinajstić information content (AvgIpc) is 3.18. The van der Waals surface area contributed by atoms with Gasteiger partial charge in [0.15, 0.2) is 0 Å². The van der Waals surface area contributed by atoms with Crippen LogP contribution in [-0.2, 0) is 6.42 Å². The number of nitrogens with zero attached hydrogens (tertiary/aromatic N) is 2. The van der Waals surface area contributed by atoms with Gasteiger partial charge in [0.25, 0.3) is 5.91 Å². The lowest BCUT2D eigenvalue weighted by molar-refractivity contribution is 0.0786. The number of benzene rings is 1. The summed E-state index contributed by atoms with van der Waals surface area (Å²) in [6, 6.07) is 6.30. The number of hydrogen-bond acceptors (Lipinski definition) is 4. The Morgan fingerprint density at radius 3 is 2.86 bits per heavy atom. The number of amides is 1. The summed E-state index contributed by atoms with van der Waals surface area (Å²) in [5.74, 6) is -0.0828. The molecule has 1 aliphatic rings. The van der Waals surface area contributed by atoms with E-state index in [0.717, 1.165) is 17.0 Å². The Labute approximate surface area is 132 Å². The van der Waals surface area contributed by atoms with Crippen molar-refractivity contribution in [2.24, 2.45) is 5.92 Å². The summed E-state index contributed by atoms with van der Waals surface area (Å²) in [5.41, 5.74) is 0.969. The van der Waals surface area contributed by atoms with Crippen LogP contribution in [0.25, 0.3) is 0 Å². The quantitative estimate of drug-likeness (QED) is 0.941. The number of rotatable bonds is 4. The van der Waals surface area contributed by atoms with Crippen LogP contribution >= 0.6 is 11.3 Å². The standard InChI is InChI=1S/C16H17FN2O2S/c17-13-3-1-11(2-4-13)7-15-18-8-14(22-15)16(21)19-6-5-12(9-19)10-20/h1-4,8,12,20H,5-7,9-10H2. The molecule has 0 saturated carbocycles. The van der Waals surface area contributed by atoms with Gasteiger partial charge < -0.3 is 10.0 Å². The van der Waals surface area contributed by atoms with Gasteiger partial charge in [-0.2, -0.15) is 0 Å². The third-order valence-electron chi connectivity index (χ3n) is 3.86. The first kappa shape index (κ1) is 15.1. The summed E-state index contributed by atoms with van der Waals surface area (Å²) in [5, 5.41) is 9.99. The molecule has 1 aromatic heterocycles. The van der Waals surface area contributed by atoms with Gasteiger partial charge in [-0.3, -0.25) is 4.79 Å². The summed E-state index contributed by atoms with van der Waals surface area (Å²) >= 11 is 1.38. The number of aromatic nitrogens is 1. The molecule has 0 aliphatic carbocycles. The molecule has 1 N–H and O–H groups in total. The van der Waals surface area contributed by atoms with Crippen molar-refractivity contribution >= 4 is 17.2 Å². The molecule has 1 atom stereocenters. The molecule has 6 heteroatoms. The van der Waals surface area contributed by atoms with Crippen molar-refractivity contribution in [1.29, 1.82) is 0 Å². The number of carbonyl (C=O) groups is 1. The van der Waals surface area contributed by atoms with E-state index in [-0.39, 0.29) is 24.2 Å². The van der Waals surface area contributed by atoms with Gasteiger partial charge in [0.05, 0.1) is 11.2 Å². The van der Waals surface area contributed by atoms with Crippen LogP contribution in [0.2, 0.25) is 0 Å². The maximum absolute atomic E-state index is 12.9. The fourth-order valence-electron chi connectivity index (χ4n) is 2.59. The predicted molar refractivity (Wildman–Crippen MR) is 82.4 cm³/mol. The highest BCUT2D eigenvalue weighted by Crippen LogP contribution is 2.22. The molecule has 1 aromatic carbocycles. The lowest BCUT2D eigenvalue weighted by Gasteiger charge is -2.14. The second kappa shape index (κ2) is 6.54. The van der Waals surface area contributed by atoms with E-state index in [4.69, 9.17) is 5.11 Å². The molecule has 2 heterocycles. The highest BCUT2D eigenvalue weighted by atomic mass is 32.1. The third kappa shape index (κ3) is 3.34. The van der Waals surface area contributed by atoms with Crippen molar-refractivity contribution in [2.45, 2.75) is 12.8 Å². The number of aliphatic hydroxyl groups is 1. The topological polar surface area (TPSA) is 53.4 Å². The van der Waals surface area contributed by atoms with Gasteiger partial charge >= 0.3 is 0 Å². The molecule has 0 radical (unpaired) electrons. The Bertz CT molecular complexity index is 656. The van der Waals surface area contributed by atoms with Gasteiger partial charge in [-0.1, -0.05) is 12.1 Å². The summed E-state index contributed by atoms with van der Waals surface area (Å²) in [7, 11) is 0. The van der Waals surface area contributed by atoms with E-state index in [2.05, 4.69) is 4.98 Å². The van der Waals surface area contributed by atoms with Gasteiger partial charge in [-0.05, 0) is 24.1 Å². The lowest BCUT2D eigenvalue weighted by atomic mass is 10.1. The minimum Gasteiger partial charge on any atom is -0.396 e. The minimum atomic E-state index is -0.258. The summed E-state index contributed by atoms with van der Waals surface area (Å²) in [6.07, 6.45) is 3.05. The molecule has 0 spiro atoms. The summed E-state index contributed by atoms with van der Waals surface area (Å²) in [4.78, 5) is 19.1. The Kier molecular flexibility index (Phi) is 4.49. The third-order valence-corrected chi connectivity index (χ3v) is 4.85. The van der Waals surface area contributed by atoms with E-state index in [9.17, 15) is 9.18 Å². The van der Waals surface area contributed by atoms with E-state index < -0.39 is 0 Å². The molecular formula is C16H17FN2O2S. The van der Waals surface area contributed by atoms with Crippen molar-refractivity contribution in [3.05, 3.63) is 51.7 Å². The maximum atomic E-state index is 12.9. The molecule has 1 amide bonds. The van der Waals surface area contributed by atoms with Gasteiger partial charge in [0.1, 0.15) is 10.7 Å². The highest BCUT2D eigenvalue weighted by molar-refractivity contribution is 7.13. The smallest absolute Gasteiger partial charge is 0.265 e. The monoisotopic (exact) mass is 320 g/mol. The van der Waals surface area contributed by atoms with Crippen molar-refractivity contribution < 1.29 is 14.3 Å². The first-order valence-corrected chi connectivity index (χ1v) is 8.06. The van der Waals surface area contributed by atoms with E-state index in [0.29, 0.717) is 24.4 Å². The van der Waals surface area contributed by atoms with Crippen molar-refractivity contribution in [1.82, 2.24) is 9.88 Å². The number of aliphatic hydroxyl groups excluding tert-OH is 1. The lowest BCUT2D eigenvalue weighted by Crippen LogP contribution is -2.28. The van der Waals surface area contributed by atoms with Crippen LogP contribution in [-0.4, -0.2) is 40.6 Å². The van der Waals surface area contributed by atoms with Crippen molar-refractivity contribution in [3.63, 3.8) is 0 Å². The van der Waals surface area contributed by atoms with E-state index in [1.165, 1.54) is 23.5 Å². The molecule has 1 fully saturated rings. The number of carbonyl (C=O) groups excluding carboxylic acids is 1. The Balaban J connectivity index is 1.66. The van der Waals surface area contributed by atoms with Crippen LogP contribution in [0.15, 0.2) is 30.5 Å². The Morgan fingerprint density at radius 2 is 2.18 bits per heavy atom. The molecule has 1 aliphatic heterocycles. The van der Waals surface area contributed by atoms with Gasteiger partial charge in [0.2, 0.25) is 0 Å². The molecule has 2 aromatic rings. The second-order valence-corrected chi connectivity index (χ2v) is 6.63. The highest BCUT2D eigenvalue weighted by Gasteiger charge is 2.27. The zero-order valence-corrected chi connectivity index (χ0v) is 12.9. The Hall–Kier alpha value is -1.79.